The van der Waals surface area contributed by atoms with Crippen molar-refractivity contribution in [1.82, 2.24) is 29.9 Å². The van der Waals surface area contributed by atoms with Crippen LogP contribution in [-0.2, 0) is 6.54 Å². The molecule has 4 rings (SSSR count). The van der Waals surface area contributed by atoms with E-state index in [9.17, 15) is 14.4 Å². The first-order valence-corrected chi connectivity index (χ1v) is 9.21. The number of aromatic nitrogens is 5. The standard InChI is InChI=1S/C21H18N6O3/c28-19-9-10-20(29)27(25-19)17-8-4-7-16(11-17)21(30)24-18(12-26-14-22-13-23-26)15-5-2-1-3-6-15/h1-11,13-14,18H,12H2,(H,24,30)(H,25,28). The first kappa shape index (κ1) is 19.1. The first-order chi connectivity index (χ1) is 14.6. The van der Waals surface area contributed by atoms with Crippen LogP contribution in [0.4, 0.5) is 0 Å². The Hall–Kier alpha value is -4.27. The van der Waals surface area contributed by atoms with Gasteiger partial charge in [-0.05, 0) is 23.8 Å². The number of carbonyl (C=O) groups excluding carboxylic acids is 1. The third-order valence-electron chi connectivity index (χ3n) is 4.53. The molecule has 2 aromatic carbocycles. The highest BCUT2D eigenvalue weighted by Gasteiger charge is 2.17. The SMILES string of the molecule is O=C(NC(Cn1cncn1)c1ccccc1)c1cccc(-n2[nH]c(=O)ccc2=O)c1. The minimum Gasteiger partial charge on any atom is -0.343 e. The Bertz CT molecular complexity index is 1260. The van der Waals surface area contributed by atoms with Gasteiger partial charge in [0.05, 0.1) is 18.3 Å². The summed E-state index contributed by atoms with van der Waals surface area (Å²) in [4.78, 5) is 40.6. The van der Waals surface area contributed by atoms with Crippen molar-refractivity contribution in [3.05, 3.63) is 111 Å². The molecule has 0 radical (unpaired) electrons. The maximum absolute atomic E-state index is 13.0. The number of benzene rings is 2. The number of nitrogens with zero attached hydrogens (tertiary/aromatic N) is 4. The van der Waals surface area contributed by atoms with Gasteiger partial charge in [0.1, 0.15) is 12.7 Å². The maximum atomic E-state index is 13.0. The molecule has 30 heavy (non-hydrogen) atoms. The Labute approximate surface area is 170 Å². The number of H-pyrrole nitrogens is 1. The molecule has 2 N–H and O–H groups in total. The topological polar surface area (TPSA) is 115 Å². The molecule has 1 atom stereocenters. The van der Waals surface area contributed by atoms with E-state index in [1.165, 1.54) is 12.4 Å². The molecule has 0 saturated heterocycles. The fraction of sp³-hybridized carbons (Fsp3) is 0.0952. The minimum absolute atomic E-state index is 0.322. The molecule has 9 heteroatoms. The molecule has 0 bridgehead atoms. The van der Waals surface area contributed by atoms with E-state index in [1.54, 1.807) is 35.3 Å². The first-order valence-electron chi connectivity index (χ1n) is 9.21. The molecule has 0 spiro atoms. The van der Waals surface area contributed by atoms with Crippen LogP contribution in [0.3, 0.4) is 0 Å². The molecule has 0 aliphatic carbocycles. The van der Waals surface area contributed by atoms with Gasteiger partial charge in [-0.15, -0.1) is 0 Å². The second kappa shape index (κ2) is 8.39. The Morgan fingerprint density at radius 1 is 1.03 bits per heavy atom. The van der Waals surface area contributed by atoms with Crippen molar-refractivity contribution in [3.63, 3.8) is 0 Å². The van der Waals surface area contributed by atoms with Crippen LogP contribution in [0.1, 0.15) is 22.0 Å². The van der Waals surface area contributed by atoms with Gasteiger partial charge in [0.2, 0.25) is 0 Å². The summed E-state index contributed by atoms with van der Waals surface area (Å²) in [6.07, 6.45) is 3.02. The van der Waals surface area contributed by atoms with Gasteiger partial charge in [0.25, 0.3) is 17.0 Å². The summed E-state index contributed by atoms with van der Waals surface area (Å²) in [5, 5.41) is 9.57. The molecular formula is C21H18N6O3. The summed E-state index contributed by atoms with van der Waals surface area (Å²) in [5.41, 5.74) is 0.838. The largest absolute Gasteiger partial charge is 0.343 e. The lowest BCUT2D eigenvalue weighted by molar-refractivity contribution is 0.0931. The van der Waals surface area contributed by atoms with Crippen molar-refractivity contribution in [2.75, 3.05) is 0 Å². The molecule has 2 aromatic heterocycles. The third kappa shape index (κ3) is 4.25. The molecule has 1 amide bonds. The Kier molecular flexibility index (Phi) is 5.33. The summed E-state index contributed by atoms with van der Waals surface area (Å²) >= 11 is 0. The van der Waals surface area contributed by atoms with Crippen LogP contribution >= 0.6 is 0 Å². The van der Waals surface area contributed by atoms with E-state index < -0.39 is 11.1 Å². The van der Waals surface area contributed by atoms with Crippen molar-refractivity contribution in [2.45, 2.75) is 12.6 Å². The molecular weight excluding hydrogens is 384 g/mol. The number of carbonyl (C=O) groups is 1. The zero-order valence-corrected chi connectivity index (χ0v) is 15.8. The molecule has 1 unspecified atom stereocenters. The van der Waals surface area contributed by atoms with Crippen LogP contribution in [0.2, 0.25) is 0 Å². The van der Waals surface area contributed by atoms with Crippen molar-refractivity contribution >= 4 is 5.91 Å². The number of amides is 1. The normalized spacial score (nSPS) is 11.7. The average molecular weight is 402 g/mol. The highest BCUT2D eigenvalue weighted by atomic mass is 16.2. The van der Waals surface area contributed by atoms with Gasteiger partial charge in [-0.3, -0.25) is 24.2 Å². The average Bonchev–Trinajstić information content (AvgIpc) is 3.29. The molecule has 150 valence electrons. The van der Waals surface area contributed by atoms with Crippen LogP contribution in [0.25, 0.3) is 5.69 Å². The summed E-state index contributed by atoms with van der Waals surface area (Å²) in [7, 11) is 0. The lowest BCUT2D eigenvalue weighted by Crippen LogP contribution is -2.32. The molecule has 9 nitrogen and oxygen atoms in total. The summed E-state index contributed by atoms with van der Waals surface area (Å²) < 4.78 is 2.74. The molecule has 0 aliphatic heterocycles. The van der Waals surface area contributed by atoms with Crippen LogP contribution in [0.5, 0.6) is 0 Å². The van der Waals surface area contributed by atoms with Gasteiger partial charge in [-0.2, -0.15) is 5.10 Å². The van der Waals surface area contributed by atoms with Gasteiger partial charge >= 0.3 is 0 Å². The number of hydrogen-bond acceptors (Lipinski definition) is 5. The summed E-state index contributed by atoms with van der Waals surface area (Å²) in [6, 6.07) is 18.0. The van der Waals surface area contributed by atoms with E-state index in [0.717, 1.165) is 16.3 Å². The van der Waals surface area contributed by atoms with Crippen LogP contribution in [0, 0.1) is 0 Å². The molecule has 2 heterocycles. The molecule has 0 fully saturated rings. The quantitative estimate of drug-likeness (QED) is 0.504. The lowest BCUT2D eigenvalue weighted by Gasteiger charge is -2.19. The maximum Gasteiger partial charge on any atom is 0.269 e. The van der Waals surface area contributed by atoms with Gasteiger partial charge in [-0.1, -0.05) is 36.4 Å². The number of hydrogen-bond donors (Lipinski definition) is 2. The Morgan fingerprint density at radius 3 is 2.63 bits per heavy atom. The third-order valence-corrected chi connectivity index (χ3v) is 4.53. The smallest absolute Gasteiger partial charge is 0.269 e. The van der Waals surface area contributed by atoms with Crippen LogP contribution < -0.4 is 16.4 Å². The lowest BCUT2D eigenvalue weighted by atomic mass is 10.1. The van der Waals surface area contributed by atoms with E-state index in [2.05, 4.69) is 20.5 Å². The van der Waals surface area contributed by atoms with Crippen molar-refractivity contribution in [3.8, 4) is 5.69 Å². The fourth-order valence-electron chi connectivity index (χ4n) is 3.08. The molecule has 0 aliphatic rings. The minimum atomic E-state index is -0.415. The van der Waals surface area contributed by atoms with Crippen LogP contribution in [-0.4, -0.2) is 30.5 Å². The Morgan fingerprint density at radius 2 is 1.87 bits per heavy atom. The van der Waals surface area contributed by atoms with E-state index in [-0.39, 0.29) is 11.9 Å². The number of nitrogens with one attached hydrogen (secondary N) is 2. The highest BCUT2D eigenvalue weighted by molar-refractivity contribution is 5.95. The molecule has 0 saturated carbocycles. The van der Waals surface area contributed by atoms with Crippen molar-refractivity contribution < 1.29 is 4.79 Å². The predicted molar refractivity (Wildman–Crippen MR) is 109 cm³/mol. The van der Waals surface area contributed by atoms with E-state index in [0.29, 0.717) is 17.8 Å². The highest BCUT2D eigenvalue weighted by Crippen LogP contribution is 2.16. The molecule has 4 aromatic rings. The zero-order valence-electron chi connectivity index (χ0n) is 15.8. The van der Waals surface area contributed by atoms with E-state index in [4.69, 9.17) is 0 Å². The van der Waals surface area contributed by atoms with Gasteiger partial charge in [-0.25, -0.2) is 9.67 Å². The summed E-state index contributed by atoms with van der Waals surface area (Å²) in [5.74, 6) is -0.322. The van der Waals surface area contributed by atoms with Crippen LogP contribution in [0.15, 0.2) is 89.0 Å². The van der Waals surface area contributed by atoms with E-state index in [1.807, 2.05) is 30.3 Å². The second-order valence-corrected chi connectivity index (χ2v) is 6.59. The summed E-state index contributed by atoms with van der Waals surface area (Å²) in [6.45, 7) is 0.404. The van der Waals surface area contributed by atoms with Gasteiger partial charge in [0.15, 0.2) is 0 Å². The zero-order chi connectivity index (χ0) is 20.9. The number of aromatic amines is 1. The van der Waals surface area contributed by atoms with Crippen molar-refractivity contribution in [1.29, 1.82) is 0 Å². The monoisotopic (exact) mass is 402 g/mol. The Balaban J connectivity index is 1.62. The van der Waals surface area contributed by atoms with Crippen molar-refractivity contribution in [2.24, 2.45) is 0 Å². The van der Waals surface area contributed by atoms with Gasteiger partial charge in [0, 0.05) is 17.7 Å². The van der Waals surface area contributed by atoms with E-state index >= 15 is 0 Å². The second-order valence-electron chi connectivity index (χ2n) is 6.59. The van der Waals surface area contributed by atoms with Gasteiger partial charge < -0.3 is 5.32 Å². The fourth-order valence-corrected chi connectivity index (χ4v) is 3.08. The number of rotatable bonds is 6. The predicted octanol–water partition coefficient (Wildman–Crippen LogP) is 1.29.